The molecule has 9 heteroatoms. The van der Waals surface area contributed by atoms with E-state index in [-0.39, 0.29) is 17.8 Å². The molecule has 0 saturated carbocycles. The van der Waals surface area contributed by atoms with E-state index in [1.54, 1.807) is 24.5 Å². The molecule has 6 rings (SSSR count). The highest BCUT2D eigenvalue weighted by Crippen LogP contribution is 2.24. The number of carbonyl (C=O) groups excluding carboxylic acids is 2. The molecule has 0 fully saturated rings. The molecule has 0 atom stereocenters. The van der Waals surface area contributed by atoms with Gasteiger partial charge in [-0.2, -0.15) is 0 Å². The summed E-state index contributed by atoms with van der Waals surface area (Å²) in [6.07, 6.45) is 14.3. The summed E-state index contributed by atoms with van der Waals surface area (Å²) in [5, 5.41) is 5.56. The number of aromatic amines is 2. The van der Waals surface area contributed by atoms with Gasteiger partial charge in [-0.25, -0.2) is 9.97 Å². The quantitative estimate of drug-likeness (QED) is 0.246. The lowest BCUT2D eigenvalue weighted by Gasteiger charge is -2.29. The number of nitrogens with one attached hydrogen (secondary N) is 4. The van der Waals surface area contributed by atoms with Crippen LogP contribution in [0.3, 0.4) is 0 Å². The largest absolute Gasteiger partial charge is 0.331 e. The Kier molecular flexibility index (Phi) is 8.51. The Balaban J connectivity index is 0.00000158. The molecule has 2 aromatic heterocycles. The van der Waals surface area contributed by atoms with E-state index in [0.29, 0.717) is 28.1 Å². The maximum atomic E-state index is 13.1. The number of imidazole rings is 2. The van der Waals surface area contributed by atoms with Gasteiger partial charge in [-0.15, -0.1) is 0 Å². The molecule has 1 aliphatic heterocycles. The summed E-state index contributed by atoms with van der Waals surface area (Å²) in [6.45, 7) is 6.87. The van der Waals surface area contributed by atoms with Gasteiger partial charge in [0.2, 0.25) is 11.9 Å². The second kappa shape index (κ2) is 12.6. The van der Waals surface area contributed by atoms with Crippen molar-refractivity contribution < 1.29 is 9.59 Å². The number of H-pyrrole nitrogens is 2. The van der Waals surface area contributed by atoms with Gasteiger partial charge < -0.3 is 9.97 Å². The van der Waals surface area contributed by atoms with E-state index in [1.165, 1.54) is 23.1 Å². The molecule has 0 radical (unpaired) electrons. The van der Waals surface area contributed by atoms with E-state index >= 15 is 0 Å². The minimum atomic E-state index is -0.342. The van der Waals surface area contributed by atoms with Crippen LogP contribution in [0.15, 0.2) is 72.6 Å². The summed E-state index contributed by atoms with van der Waals surface area (Å²) < 4.78 is 0. The van der Waals surface area contributed by atoms with Gasteiger partial charge in [0.05, 0.1) is 11.1 Å². The van der Waals surface area contributed by atoms with Crippen molar-refractivity contribution in [1.29, 1.82) is 0 Å². The second-order valence-electron chi connectivity index (χ2n) is 9.72. The number of rotatable bonds is 6. The number of amides is 2. The van der Waals surface area contributed by atoms with Gasteiger partial charge in [-0.05, 0) is 61.1 Å². The highest BCUT2D eigenvalue weighted by Gasteiger charge is 2.20. The highest BCUT2D eigenvalue weighted by atomic mass is 16.2. The van der Waals surface area contributed by atoms with E-state index in [9.17, 15) is 9.59 Å². The monoisotopic (exact) mass is 537 g/mol. The fraction of sp³-hybridized carbons (Fsp3) is 0.290. The zero-order valence-corrected chi connectivity index (χ0v) is 23.0. The predicted octanol–water partition coefficient (Wildman–Crippen LogP) is 5.84. The summed E-state index contributed by atoms with van der Waals surface area (Å²) in [5.41, 5.74) is 6.06. The third kappa shape index (κ3) is 6.21. The molecule has 9 nitrogen and oxygen atoms in total. The zero-order valence-electron chi connectivity index (χ0n) is 23.0. The smallest absolute Gasteiger partial charge is 0.260 e. The van der Waals surface area contributed by atoms with Crippen LogP contribution in [0.5, 0.6) is 0 Å². The van der Waals surface area contributed by atoms with Crippen LogP contribution in [-0.2, 0) is 13.0 Å². The standard InChI is InChI=1S/C29H29N7O2.C2H6/c37-26(21-10-11-22-18-36(15-12-20(22)16-21)17-19-6-3-1-2-4-7-19)34-29-32-24-9-5-8-23(25(24)33-29)27(38)35-28-30-13-14-31-28;1-2/h1,3,5-6,8-11,13-14,16H,2,4,7,12,15,17-18H2,(H2,30,31,35,38)(H2,32,33,34,37);1-2H3. The van der Waals surface area contributed by atoms with Crippen LogP contribution in [0.1, 0.15) is 65.0 Å². The molecule has 1 aliphatic carbocycles. The maximum absolute atomic E-state index is 13.1. The minimum Gasteiger partial charge on any atom is -0.331 e. The number of aromatic nitrogens is 4. The number of hydrogen-bond acceptors (Lipinski definition) is 5. The fourth-order valence-electron chi connectivity index (χ4n) is 5.10. The maximum Gasteiger partial charge on any atom is 0.260 e. The van der Waals surface area contributed by atoms with Crippen LogP contribution in [0.25, 0.3) is 11.0 Å². The van der Waals surface area contributed by atoms with Crippen molar-refractivity contribution in [2.75, 3.05) is 23.7 Å². The number of hydrogen-bond donors (Lipinski definition) is 4. The topological polar surface area (TPSA) is 119 Å². The van der Waals surface area contributed by atoms with E-state index < -0.39 is 0 Å². The van der Waals surface area contributed by atoms with Crippen LogP contribution in [0.4, 0.5) is 11.9 Å². The molecule has 40 heavy (non-hydrogen) atoms. The molecule has 4 aromatic rings. The Bertz CT molecular complexity index is 1550. The second-order valence-corrected chi connectivity index (χ2v) is 9.72. The molecular formula is C31H35N7O2. The predicted molar refractivity (Wildman–Crippen MR) is 158 cm³/mol. The first-order valence-corrected chi connectivity index (χ1v) is 13.9. The van der Waals surface area contributed by atoms with Crippen LogP contribution in [0, 0.1) is 0 Å². The van der Waals surface area contributed by atoms with Gasteiger partial charge in [0.15, 0.2) is 0 Å². The Morgan fingerprint density at radius 1 is 1.02 bits per heavy atom. The summed E-state index contributed by atoms with van der Waals surface area (Å²) in [7, 11) is 0. The average molecular weight is 538 g/mol. The Labute approximate surface area is 233 Å². The summed E-state index contributed by atoms with van der Waals surface area (Å²) in [5.74, 6) is 0.0554. The van der Waals surface area contributed by atoms with Gasteiger partial charge in [0.25, 0.3) is 11.8 Å². The highest BCUT2D eigenvalue weighted by molar-refractivity contribution is 6.11. The van der Waals surface area contributed by atoms with E-state index in [4.69, 9.17) is 0 Å². The van der Waals surface area contributed by atoms with Crippen LogP contribution in [0.2, 0.25) is 0 Å². The summed E-state index contributed by atoms with van der Waals surface area (Å²) in [4.78, 5) is 42.8. The van der Waals surface area contributed by atoms with Gasteiger partial charge >= 0.3 is 0 Å². The molecule has 3 heterocycles. The van der Waals surface area contributed by atoms with E-state index in [0.717, 1.165) is 38.9 Å². The molecular weight excluding hydrogens is 502 g/mol. The van der Waals surface area contributed by atoms with Gasteiger partial charge in [0, 0.05) is 37.6 Å². The van der Waals surface area contributed by atoms with Crippen molar-refractivity contribution in [1.82, 2.24) is 24.8 Å². The molecule has 2 aromatic carbocycles. The SMILES string of the molecule is CC.O=C(Nc1nc2c(C(=O)Nc3ncc[nH]3)cccc2[nH]1)c1ccc2c(c1)CCN(CC1=CC=CCCC1)C2. The number of para-hydroxylation sites is 1. The van der Waals surface area contributed by atoms with E-state index in [2.05, 4.69) is 59.8 Å². The molecule has 2 aliphatic rings. The number of carbonyl (C=O) groups is 2. The first kappa shape index (κ1) is 27.1. The van der Waals surface area contributed by atoms with E-state index in [1.807, 2.05) is 32.0 Å². The summed E-state index contributed by atoms with van der Waals surface area (Å²) >= 11 is 0. The van der Waals surface area contributed by atoms with Crippen LogP contribution in [-0.4, -0.2) is 49.7 Å². The number of fused-ring (bicyclic) bond motifs is 2. The normalized spacial score (nSPS) is 14.9. The van der Waals surface area contributed by atoms with Crippen molar-refractivity contribution in [2.45, 2.75) is 46.1 Å². The Morgan fingerprint density at radius 3 is 2.75 bits per heavy atom. The molecule has 0 saturated heterocycles. The lowest BCUT2D eigenvalue weighted by molar-refractivity contribution is 0.101. The molecule has 0 bridgehead atoms. The Hall–Kier alpha value is -4.50. The first-order chi connectivity index (χ1) is 19.6. The first-order valence-electron chi connectivity index (χ1n) is 13.9. The summed E-state index contributed by atoms with van der Waals surface area (Å²) in [6, 6.07) is 11.2. The molecule has 4 N–H and O–H groups in total. The van der Waals surface area contributed by atoms with Crippen molar-refractivity contribution >= 4 is 34.7 Å². The fourth-order valence-corrected chi connectivity index (χ4v) is 5.10. The van der Waals surface area contributed by atoms with Crippen LogP contribution < -0.4 is 10.6 Å². The number of nitrogens with zero attached hydrogens (tertiary/aromatic N) is 3. The van der Waals surface area contributed by atoms with Gasteiger partial charge in [0.1, 0.15) is 5.52 Å². The minimum absolute atomic E-state index is 0.244. The van der Waals surface area contributed by atoms with Crippen molar-refractivity contribution in [3.8, 4) is 0 Å². The van der Waals surface area contributed by atoms with Crippen molar-refractivity contribution in [2.24, 2.45) is 0 Å². The van der Waals surface area contributed by atoms with Crippen LogP contribution >= 0.6 is 0 Å². The zero-order chi connectivity index (χ0) is 27.9. The lowest BCUT2D eigenvalue weighted by Crippen LogP contribution is -2.32. The molecule has 2 amide bonds. The number of allylic oxidation sites excluding steroid dienone is 3. The molecule has 0 unspecified atom stereocenters. The van der Waals surface area contributed by atoms with Gasteiger partial charge in [-0.1, -0.05) is 49.8 Å². The third-order valence-electron chi connectivity index (χ3n) is 7.04. The van der Waals surface area contributed by atoms with Crippen molar-refractivity contribution in [3.05, 3.63) is 94.8 Å². The number of benzene rings is 2. The van der Waals surface area contributed by atoms with Gasteiger partial charge in [-0.3, -0.25) is 25.1 Å². The van der Waals surface area contributed by atoms with Crippen molar-refractivity contribution in [3.63, 3.8) is 0 Å². The molecule has 0 spiro atoms. The lowest BCUT2D eigenvalue weighted by atomic mass is 9.96. The third-order valence-corrected chi connectivity index (χ3v) is 7.04. The average Bonchev–Trinajstić information content (AvgIpc) is 3.57. The Morgan fingerprint density at radius 2 is 1.90 bits per heavy atom. The molecule has 206 valence electrons. The number of anilines is 2.